The van der Waals surface area contributed by atoms with Gasteiger partial charge in [-0.25, -0.2) is 0 Å². The Morgan fingerprint density at radius 2 is 2.21 bits per heavy atom. The van der Waals surface area contributed by atoms with Crippen LogP contribution in [0.25, 0.3) is 0 Å². The predicted octanol–water partition coefficient (Wildman–Crippen LogP) is 2.69. The molecule has 3 nitrogen and oxygen atoms in total. The zero-order valence-corrected chi connectivity index (χ0v) is 12.5. The number of rotatable bonds is 3. The average Bonchev–Trinajstić information content (AvgIpc) is 2.81. The normalized spacial score (nSPS) is 26.1. The minimum Gasteiger partial charge on any atom is -0.352 e. The van der Waals surface area contributed by atoms with Gasteiger partial charge in [0.05, 0.1) is 0 Å². The van der Waals surface area contributed by atoms with Crippen LogP contribution < -0.4 is 10.6 Å². The molecule has 19 heavy (non-hydrogen) atoms. The Balaban J connectivity index is 1.65. The van der Waals surface area contributed by atoms with Gasteiger partial charge in [-0.3, -0.25) is 4.79 Å². The zero-order chi connectivity index (χ0) is 13.2. The summed E-state index contributed by atoms with van der Waals surface area (Å²) < 4.78 is 1.16. The maximum Gasteiger partial charge on any atom is 0.220 e. The van der Waals surface area contributed by atoms with Crippen LogP contribution in [0.5, 0.6) is 0 Å². The van der Waals surface area contributed by atoms with E-state index in [0.29, 0.717) is 18.5 Å². The summed E-state index contributed by atoms with van der Waals surface area (Å²) in [6.07, 6.45) is 5.24. The van der Waals surface area contributed by atoms with Crippen LogP contribution in [0, 0.1) is 0 Å². The minimum absolute atomic E-state index is 0.194. The first-order valence-electron chi connectivity index (χ1n) is 7.03. The first-order chi connectivity index (χ1) is 9.22. The molecule has 0 radical (unpaired) electrons. The lowest BCUT2D eigenvalue weighted by Crippen LogP contribution is -2.38. The predicted molar refractivity (Wildman–Crippen MR) is 79.0 cm³/mol. The van der Waals surface area contributed by atoms with Gasteiger partial charge >= 0.3 is 0 Å². The molecule has 1 saturated heterocycles. The molecular formula is C15H19BrN2O. The maximum atomic E-state index is 11.2. The molecule has 102 valence electrons. The van der Waals surface area contributed by atoms with E-state index in [2.05, 4.69) is 44.8 Å². The highest BCUT2D eigenvalue weighted by atomic mass is 79.9. The van der Waals surface area contributed by atoms with Crippen molar-refractivity contribution in [3.05, 3.63) is 33.8 Å². The Bertz CT molecular complexity index is 489. The standard InChI is InChI=1S/C15H19BrN2O/c16-11-4-6-13-10(8-11)2-1-3-14(13)17-9-12-5-7-15(19)18-12/h4,6,8,12,14,17H,1-3,5,7,9H2,(H,18,19)/t12?,14-/m0/s1. The van der Waals surface area contributed by atoms with E-state index in [4.69, 9.17) is 0 Å². The fourth-order valence-electron chi connectivity index (χ4n) is 3.11. The van der Waals surface area contributed by atoms with Crippen molar-refractivity contribution in [3.8, 4) is 0 Å². The Kier molecular flexibility index (Phi) is 3.89. The van der Waals surface area contributed by atoms with Crippen molar-refractivity contribution in [1.82, 2.24) is 10.6 Å². The summed E-state index contributed by atoms with van der Waals surface area (Å²) in [5, 5.41) is 6.65. The Morgan fingerprint density at radius 1 is 1.32 bits per heavy atom. The monoisotopic (exact) mass is 322 g/mol. The lowest BCUT2D eigenvalue weighted by atomic mass is 9.87. The molecule has 1 aromatic rings. The fourth-order valence-corrected chi connectivity index (χ4v) is 3.52. The second-order valence-corrected chi connectivity index (χ2v) is 6.41. The first kappa shape index (κ1) is 13.1. The molecule has 1 aliphatic carbocycles. The average molecular weight is 323 g/mol. The molecule has 2 aliphatic rings. The lowest BCUT2D eigenvalue weighted by Gasteiger charge is -2.28. The molecule has 1 heterocycles. The summed E-state index contributed by atoms with van der Waals surface area (Å²) in [6, 6.07) is 7.34. The third-order valence-corrected chi connectivity index (χ3v) is 4.61. The highest BCUT2D eigenvalue weighted by Crippen LogP contribution is 2.31. The van der Waals surface area contributed by atoms with Crippen LogP contribution in [-0.4, -0.2) is 18.5 Å². The summed E-state index contributed by atoms with van der Waals surface area (Å²) in [5.74, 6) is 0.194. The Morgan fingerprint density at radius 3 is 3.00 bits per heavy atom. The van der Waals surface area contributed by atoms with Gasteiger partial charge in [0.15, 0.2) is 0 Å². The van der Waals surface area contributed by atoms with E-state index in [1.165, 1.54) is 30.4 Å². The number of hydrogen-bond donors (Lipinski definition) is 2. The maximum absolute atomic E-state index is 11.2. The first-order valence-corrected chi connectivity index (χ1v) is 7.83. The van der Waals surface area contributed by atoms with Crippen molar-refractivity contribution in [3.63, 3.8) is 0 Å². The van der Waals surface area contributed by atoms with Crippen LogP contribution in [0.1, 0.15) is 42.9 Å². The van der Waals surface area contributed by atoms with Crippen molar-refractivity contribution < 1.29 is 4.79 Å². The van der Waals surface area contributed by atoms with Crippen LogP contribution in [0.2, 0.25) is 0 Å². The minimum atomic E-state index is 0.194. The van der Waals surface area contributed by atoms with Crippen LogP contribution in [0.15, 0.2) is 22.7 Å². The van der Waals surface area contributed by atoms with E-state index >= 15 is 0 Å². The quantitative estimate of drug-likeness (QED) is 0.898. The van der Waals surface area contributed by atoms with Crippen molar-refractivity contribution in [2.24, 2.45) is 0 Å². The van der Waals surface area contributed by atoms with Crippen LogP contribution in [0.4, 0.5) is 0 Å². The summed E-state index contributed by atoms with van der Waals surface area (Å²) in [5.41, 5.74) is 2.88. The molecule has 0 bridgehead atoms. The Hall–Kier alpha value is -0.870. The van der Waals surface area contributed by atoms with Crippen LogP contribution in [0.3, 0.4) is 0 Å². The van der Waals surface area contributed by atoms with E-state index in [9.17, 15) is 4.79 Å². The molecule has 3 rings (SSSR count). The summed E-state index contributed by atoms with van der Waals surface area (Å²) >= 11 is 3.54. The number of benzene rings is 1. The van der Waals surface area contributed by atoms with Gasteiger partial charge in [0.25, 0.3) is 0 Å². The third-order valence-electron chi connectivity index (χ3n) is 4.11. The summed E-state index contributed by atoms with van der Waals surface area (Å²) in [4.78, 5) is 11.2. The molecule has 2 N–H and O–H groups in total. The number of halogens is 1. The number of carbonyl (C=O) groups is 1. The van der Waals surface area contributed by atoms with Crippen LogP contribution >= 0.6 is 15.9 Å². The molecule has 0 saturated carbocycles. The van der Waals surface area contributed by atoms with Crippen molar-refractivity contribution in [2.75, 3.05) is 6.54 Å². The molecule has 0 aromatic heterocycles. The molecular weight excluding hydrogens is 304 g/mol. The topological polar surface area (TPSA) is 41.1 Å². The lowest BCUT2D eigenvalue weighted by molar-refractivity contribution is -0.119. The smallest absolute Gasteiger partial charge is 0.220 e. The third kappa shape index (κ3) is 3.00. The van der Waals surface area contributed by atoms with Gasteiger partial charge in [-0.1, -0.05) is 22.0 Å². The van der Waals surface area contributed by atoms with Gasteiger partial charge in [-0.05, 0) is 48.9 Å². The molecule has 1 fully saturated rings. The van der Waals surface area contributed by atoms with Crippen molar-refractivity contribution in [1.29, 1.82) is 0 Å². The summed E-state index contributed by atoms with van der Waals surface area (Å²) in [6.45, 7) is 0.881. The largest absolute Gasteiger partial charge is 0.352 e. The van der Waals surface area contributed by atoms with Crippen LogP contribution in [-0.2, 0) is 11.2 Å². The molecule has 1 amide bonds. The van der Waals surface area contributed by atoms with Crippen molar-refractivity contribution in [2.45, 2.75) is 44.2 Å². The molecule has 0 spiro atoms. The van der Waals surface area contributed by atoms with E-state index in [1.807, 2.05) is 0 Å². The van der Waals surface area contributed by atoms with Gasteiger partial charge in [0, 0.05) is 29.5 Å². The zero-order valence-electron chi connectivity index (χ0n) is 10.9. The van der Waals surface area contributed by atoms with E-state index in [0.717, 1.165) is 17.4 Å². The highest BCUT2D eigenvalue weighted by Gasteiger charge is 2.24. The number of amides is 1. The molecule has 1 aromatic carbocycles. The molecule has 1 aliphatic heterocycles. The number of hydrogen-bond acceptors (Lipinski definition) is 2. The molecule has 1 unspecified atom stereocenters. The van der Waals surface area contributed by atoms with E-state index in [1.54, 1.807) is 0 Å². The van der Waals surface area contributed by atoms with Gasteiger partial charge in [0.1, 0.15) is 0 Å². The van der Waals surface area contributed by atoms with Gasteiger partial charge < -0.3 is 10.6 Å². The number of fused-ring (bicyclic) bond motifs is 1. The number of carbonyl (C=O) groups excluding carboxylic acids is 1. The van der Waals surface area contributed by atoms with E-state index in [-0.39, 0.29) is 5.91 Å². The highest BCUT2D eigenvalue weighted by molar-refractivity contribution is 9.10. The second kappa shape index (κ2) is 5.63. The molecule has 2 atom stereocenters. The SMILES string of the molecule is O=C1CCC(CN[C@H]2CCCc3cc(Br)ccc32)N1. The van der Waals surface area contributed by atoms with E-state index < -0.39 is 0 Å². The second-order valence-electron chi connectivity index (χ2n) is 5.50. The number of aryl methyl sites for hydroxylation is 1. The van der Waals surface area contributed by atoms with Gasteiger partial charge in [0.2, 0.25) is 5.91 Å². The Labute approximate surface area is 122 Å². The molecule has 4 heteroatoms. The van der Waals surface area contributed by atoms with Gasteiger partial charge in [-0.15, -0.1) is 0 Å². The fraction of sp³-hybridized carbons (Fsp3) is 0.533. The van der Waals surface area contributed by atoms with Crippen molar-refractivity contribution >= 4 is 21.8 Å². The number of nitrogens with one attached hydrogen (secondary N) is 2. The summed E-state index contributed by atoms with van der Waals surface area (Å²) in [7, 11) is 0. The van der Waals surface area contributed by atoms with Gasteiger partial charge in [-0.2, -0.15) is 0 Å².